The maximum absolute atomic E-state index is 13.5. The Morgan fingerprint density at radius 3 is 2.16 bits per heavy atom. The average molecular weight is 529 g/mol. The van der Waals surface area contributed by atoms with Crippen molar-refractivity contribution in [2.75, 3.05) is 29.4 Å². The number of unbranched alkanes of at least 4 members (excludes halogenated alkanes) is 1. The molecule has 37 heavy (non-hydrogen) atoms. The molecule has 0 aromatic heterocycles. The van der Waals surface area contributed by atoms with E-state index in [1.807, 2.05) is 13.8 Å². The van der Waals surface area contributed by atoms with E-state index in [0.29, 0.717) is 30.2 Å². The Balaban J connectivity index is 1.78. The molecule has 0 unspecified atom stereocenters. The van der Waals surface area contributed by atoms with E-state index in [1.54, 1.807) is 0 Å². The monoisotopic (exact) mass is 528 g/mol. The van der Waals surface area contributed by atoms with Gasteiger partial charge in [-0.1, -0.05) is 13.3 Å². The second kappa shape index (κ2) is 12.9. The summed E-state index contributed by atoms with van der Waals surface area (Å²) in [6.45, 7) is 3.99. The third-order valence-corrected chi connectivity index (χ3v) is 7.05. The fourth-order valence-corrected chi connectivity index (χ4v) is 4.76. The lowest BCUT2D eigenvalue weighted by molar-refractivity contribution is -0.114. The zero-order valence-electron chi connectivity index (χ0n) is 20.6. The van der Waals surface area contributed by atoms with Crippen LogP contribution in [0.3, 0.4) is 0 Å². The van der Waals surface area contributed by atoms with Gasteiger partial charge in [-0.25, -0.2) is 17.6 Å². The van der Waals surface area contributed by atoms with Crippen LogP contribution >= 0.6 is 0 Å². The summed E-state index contributed by atoms with van der Waals surface area (Å²) >= 11 is 0. The highest BCUT2D eigenvalue weighted by Gasteiger charge is 2.27. The van der Waals surface area contributed by atoms with Crippen LogP contribution in [0.2, 0.25) is 0 Å². The van der Waals surface area contributed by atoms with E-state index < -0.39 is 34.3 Å². The molecule has 10 heteroatoms. The highest BCUT2D eigenvalue weighted by Crippen LogP contribution is 2.26. The zero-order chi connectivity index (χ0) is 26.8. The third kappa shape index (κ3) is 7.53. The predicted molar refractivity (Wildman–Crippen MR) is 139 cm³/mol. The topological polar surface area (TPSA) is 102 Å². The van der Waals surface area contributed by atoms with Gasteiger partial charge in [-0.15, -0.1) is 0 Å². The molecule has 0 bridgehead atoms. The van der Waals surface area contributed by atoms with Crippen molar-refractivity contribution >= 4 is 33.3 Å². The lowest BCUT2D eigenvalue weighted by Crippen LogP contribution is -2.38. The van der Waals surface area contributed by atoms with E-state index in [2.05, 4.69) is 5.32 Å². The molecule has 0 fully saturated rings. The number of ether oxygens (including phenoxy) is 2. The van der Waals surface area contributed by atoms with Gasteiger partial charge in [-0.3, -0.25) is 9.10 Å². The molecule has 3 aromatic carbocycles. The number of carbonyl (C=O) groups is 2. The van der Waals surface area contributed by atoms with Crippen molar-refractivity contribution < 1.29 is 31.9 Å². The van der Waals surface area contributed by atoms with Crippen molar-refractivity contribution in [2.45, 2.75) is 31.6 Å². The molecule has 0 spiro atoms. The van der Waals surface area contributed by atoms with Crippen molar-refractivity contribution in [3.63, 3.8) is 0 Å². The number of nitrogens with zero attached hydrogens (tertiary/aromatic N) is 1. The molecular weight excluding hydrogens is 499 g/mol. The Hall–Kier alpha value is -3.92. The van der Waals surface area contributed by atoms with Crippen LogP contribution in [0.1, 0.15) is 37.0 Å². The average Bonchev–Trinajstić information content (AvgIpc) is 2.89. The Morgan fingerprint density at radius 1 is 0.919 bits per heavy atom. The predicted octanol–water partition coefficient (Wildman–Crippen LogP) is 5.02. The number of sulfonamides is 1. The van der Waals surface area contributed by atoms with Crippen LogP contribution in [0.5, 0.6) is 5.75 Å². The van der Waals surface area contributed by atoms with Gasteiger partial charge < -0.3 is 14.8 Å². The summed E-state index contributed by atoms with van der Waals surface area (Å²) in [5.74, 6) is -1.13. The zero-order valence-corrected chi connectivity index (χ0v) is 21.5. The summed E-state index contributed by atoms with van der Waals surface area (Å²) in [5, 5.41) is 2.63. The summed E-state index contributed by atoms with van der Waals surface area (Å²) in [7, 11) is -4.18. The van der Waals surface area contributed by atoms with Gasteiger partial charge in [0.2, 0.25) is 5.91 Å². The number of hydrogen-bond donors (Lipinski definition) is 1. The second-order valence-corrected chi connectivity index (χ2v) is 9.87. The lowest BCUT2D eigenvalue weighted by Gasteiger charge is -2.24. The minimum Gasteiger partial charge on any atom is -0.494 e. The largest absolute Gasteiger partial charge is 0.494 e. The number of anilines is 2. The summed E-state index contributed by atoms with van der Waals surface area (Å²) in [6.07, 6.45) is 1.67. The molecule has 0 saturated carbocycles. The molecule has 1 amide bonds. The van der Waals surface area contributed by atoms with E-state index in [-0.39, 0.29) is 10.6 Å². The molecule has 0 aliphatic carbocycles. The number of rotatable bonds is 12. The number of amides is 1. The van der Waals surface area contributed by atoms with Crippen LogP contribution in [0.15, 0.2) is 77.7 Å². The van der Waals surface area contributed by atoms with Gasteiger partial charge in [-0.05, 0) is 86.1 Å². The van der Waals surface area contributed by atoms with Gasteiger partial charge >= 0.3 is 5.97 Å². The highest BCUT2D eigenvalue weighted by atomic mass is 32.2. The maximum atomic E-state index is 13.5. The van der Waals surface area contributed by atoms with Crippen LogP contribution in [0, 0.1) is 5.82 Å². The fraction of sp³-hybridized carbons (Fsp3) is 0.259. The van der Waals surface area contributed by atoms with Gasteiger partial charge in [0.25, 0.3) is 10.0 Å². The Labute approximate surface area is 216 Å². The van der Waals surface area contributed by atoms with Gasteiger partial charge in [0.15, 0.2) is 0 Å². The van der Waals surface area contributed by atoms with Gasteiger partial charge in [0.05, 0.1) is 29.4 Å². The van der Waals surface area contributed by atoms with Crippen LogP contribution < -0.4 is 14.4 Å². The van der Waals surface area contributed by atoms with Crippen LogP contribution in [-0.4, -0.2) is 40.1 Å². The molecule has 3 rings (SSSR count). The number of esters is 1. The molecule has 3 aromatic rings. The standard InChI is InChI=1S/C27H29FN2O6S/c1-3-5-18-36-27(32)20-6-10-22(11-7-20)29-26(31)19-30(23-12-8-21(28)9-13-23)37(33,34)25-16-14-24(15-17-25)35-4-2/h6-17H,3-5,18-19H2,1-2H3,(H,29,31). The summed E-state index contributed by atoms with van der Waals surface area (Å²) < 4.78 is 51.9. The molecule has 0 aliphatic rings. The molecule has 8 nitrogen and oxygen atoms in total. The Bertz CT molecular complexity index is 1290. The highest BCUT2D eigenvalue weighted by molar-refractivity contribution is 7.92. The van der Waals surface area contributed by atoms with E-state index in [0.717, 1.165) is 29.3 Å². The van der Waals surface area contributed by atoms with Crippen LogP contribution in [-0.2, 0) is 19.6 Å². The third-order valence-electron chi connectivity index (χ3n) is 5.26. The van der Waals surface area contributed by atoms with Crippen molar-refractivity contribution in [1.82, 2.24) is 0 Å². The quantitative estimate of drug-likeness (QED) is 0.262. The van der Waals surface area contributed by atoms with E-state index >= 15 is 0 Å². The van der Waals surface area contributed by atoms with Crippen LogP contribution in [0.25, 0.3) is 0 Å². The summed E-state index contributed by atoms with van der Waals surface area (Å²) in [6, 6.07) is 16.7. The number of hydrogen-bond acceptors (Lipinski definition) is 6. The van der Waals surface area contributed by atoms with Crippen molar-refractivity contribution in [3.05, 3.63) is 84.2 Å². The molecule has 0 radical (unpaired) electrons. The van der Waals surface area contributed by atoms with Gasteiger partial charge in [0, 0.05) is 5.69 Å². The maximum Gasteiger partial charge on any atom is 0.338 e. The lowest BCUT2D eigenvalue weighted by atomic mass is 10.2. The first-order valence-corrected chi connectivity index (χ1v) is 13.3. The summed E-state index contributed by atoms with van der Waals surface area (Å²) in [5.41, 5.74) is 0.823. The Morgan fingerprint density at radius 2 is 1.57 bits per heavy atom. The molecule has 0 atom stereocenters. The molecular formula is C27H29FN2O6S. The van der Waals surface area contributed by atoms with Crippen LogP contribution in [0.4, 0.5) is 15.8 Å². The smallest absolute Gasteiger partial charge is 0.338 e. The molecule has 0 saturated heterocycles. The second-order valence-electron chi connectivity index (χ2n) is 8.01. The molecule has 1 N–H and O–H groups in total. The molecule has 0 aliphatic heterocycles. The first-order valence-electron chi connectivity index (χ1n) is 11.8. The van der Waals surface area contributed by atoms with Crippen molar-refractivity contribution in [1.29, 1.82) is 0 Å². The van der Waals surface area contributed by atoms with Crippen molar-refractivity contribution in [2.24, 2.45) is 0 Å². The van der Waals surface area contributed by atoms with E-state index in [4.69, 9.17) is 9.47 Å². The number of halogens is 1. The minimum atomic E-state index is -4.18. The molecule has 196 valence electrons. The number of carbonyl (C=O) groups excluding carboxylic acids is 2. The minimum absolute atomic E-state index is 0.0565. The number of benzene rings is 3. The SMILES string of the molecule is CCCCOC(=O)c1ccc(NC(=O)CN(c2ccc(F)cc2)S(=O)(=O)c2ccc(OCC)cc2)cc1. The first kappa shape index (κ1) is 27.7. The first-order chi connectivity index (χ1) is 17.7. The van der Waals surface area contributed by atoms with E-state index in [1.165, 1.54) is 60.7 Å². The van der Waals surface area contributed by atoms with E-state index in [9.17, 15) is 22.4 Å². The number of nitrogens with one attached hydrogen (secondary N) is 1. The fourth-order valence-electron chi connectivity index (χ4n) is 3.34. The summed E-state index contributed by atoms with van der Waals surface area (Å²) in [4.78, 5) is 24.9. The van der Waals surface area contributed by atoms with Crippen molar-refractivity contribution in [3.8, 4) is 5.75 Å². The molecule has 0 heterocycles. The van der Waals surface area contributed by atoms with Gasteiger partial charge in [0.1, 0.15) is 18.1 Å². The van der Waals surface area contributed by atoms with Gasteiger partial charge in [-0.2, -0.15) is 0 Å². The normalized spacial score (nSPS) is 11.0. The Kier molecular flexibility index (Phi) is 9.62.